The molecule has 4 nitrogen and oxygen atoms in total. The molecule has 96 valence electrons. The van der Waals surface area contributed by atoms with Crippen LogP contribution in [0.5, 0.6) is 0 Å². The third-order valence-electron chi connectivity index (χ3n) is 3.11. The van der Waals surface area contributed by atoms with Gasteiger partial charge in [0.2, 0.25) is 0 Å². The Hall–Kier alpha value is -2.53. The fourth-order valence-electron chi connectivity index (χ4n) is 2.14. The predicted molar refractivity (Wildman–Crippen MR) is 79.5 cm³/mol. The molecule has 0 saturated carbocycles. The van der Waals surface area contributed by atoms with E-state index in [9.17, 15) is 0 Å². The number of hydrogen-bond acceptors (Lipinski definition) is 4. The zero-order valence-electron chi connectivity index (χ0n) is 10.5. The molecule has 0 saturated heterocycles. The third kappa shape index (κ3) is 1.80. The Morgan fingerprint density at radius 2 is 1.90 bits per heavy atom. The maximum atomic E-state index is 4.69. The summed E-state index contributed by atoms with van der Waals surface area (Å²) in [7, 11) is 0. The van der Waals surface area contributed by atoms with E-state index in [1.54, 1.807) is 23.7 Å². The van der Waals surface area contributed by atoms with E-state index in [2.05, 4.69) is 21.4 Å². The van der Waals surface area contributed by atoms with Crippen LogP contribution in [0.3, 0.4) is 0 Å². The average Bonchev–Trinajstić information content (AvgIpc) is 3.16. The molecule has 0 fully saturated rings. The van der Waals surface area contributed by atoms with Crippen molar-refractivity contribution in [1.82, 2.24) is 19.6 Å². The summed E-state index contributed by atoms with van der Waals surface area (Å²) >= 11 is 1.69. The van der Waals surface area contributed by atoms with Crippen LogP contribution >= 0.6 is 11.3 Å². The molecule has 20 heavy (non-hydrogen) atoms. The van der Waals surface area contributed by atoms with E-state index in [1.807, 2.05) is 41.0 Å². The fraction of sp³-hybridized carbons (Fsp3) is 0. The van der Waals surface area contributed by atoms with Gasteiger partial charge in [-0.3, -0.25) is 4.98 Å². The first-order chi connectivity index (χ1) is 9.92. The minimum atomic E-state index is 0.853. The number of hydrogen-bond donors (Lipinski definition) is 0. The van der Waals surface area contributed by atoms with Crippen LogP contribution in [0.15, 0.2) is 60.4 Å². The van der Waals surface area contributed by atoms with Crippen LogP contribution in [-0.4, -0.2) is 19.6 Å². The highest BCUT2D eigenvalue weighted by Crippen LogP contribution is 2.26. The summed E-state index contributed by atoms with van der Waals surface area (Å²) < 4.78 is 1.89. The van der Waals surface area contributed by atoms with Crippen LogP contribution in [0.2, 0.25) is 0 Å². The smallest absolute Gasteiger partial charge is 0.154 e. The van der Waals surface area contributed by atoms with Gasteiger partial charge in [0.25, 0.3) is 0 Å². The summed E-state index contributed by atoms with van der Waals surface area (Å²) in [6.45, 7) is 0. The Bertz CT molecular complexity index is 850. The summed E-state index contributed by atoms with van der Waals surface area (Å²) in [6.07, 6.45) is 5.41. The lowest BCUT2D eigenvalue weighted by Crippen LogP contribution is -1.95. The molecule has 0 atom stereocenters. The van der Waals surface area contributed by atoms with E-state index in [-0.39, 0.29) is 0 Å². The van der Waals surface area contributed by atoms with Crippen molar-refractivity contribution in [1.29, 1.82) is 0 Å². The maximum Gasteiger partial charge on any atom is 0.154 e. The van der Waals surface area contributed by atoms with Gasteiger partial charge in [-0.05, 0) is 35.7 Å². The van der Waals surface area contributed by atoms with Gasteiger partial charge >= 0.3 is 0 Å². The molecule has 5 heteroatoms. The molecule has 4 rings (SSSR count). The lowest BCUT2D eigenvalue weighted by molar-refractivity contribution is 0.951. The van der Waals surface area contributed by atoms with Crippen molar-refractivity contribution in [3.8, 4) is 21.8 Å². The maximum absolute atomic E-state index is 4.69. The molecule has 0 N–H and O–H groups in total. The first-order valence-electron chi connectivity index (χ1n) is 6.21. The average molecular weight is 278 g/mol. The molecule has 0 unspecified atom stereocenters. The second kappa shape index (κ2) is 4.54. The Morgan fingerprint density at radius 1 is 1.00 bits per heavy atom. The highest BCUT2D eigenvalue weighted by Gasteiger charge is 2.09. The van der Waals surface area contributed by atoms with Gasteiger partial charge < -0.3 is 0 Å². The molecule has 0 aliphatic heterocycles. The van der Waals surface area contributed by atoms with Gasteiger partial charge in [-0.25, -0.2) is 9.50 Å². The number of thiophene rings is 1. The molecule has 0 bridgehead atoms. The van der Waals surface area contributed by atoms with E-state index < -0.39 is 0 Å². The molecule has 0 aromatic carbocycles. The van der Waals surface area contributed by atoms with E-state index in [4.69, 9.17) is 5.10 Å². The lowest BCUT2D eigenvalue weighted by Gasteiger charge is -2.03. The SMILES string of the molecule is c1csc(-c2cnc3ccc(-c4ccncc4)nn23)c1. The second-order valence-corrected chi connectivity index (χ2v) is 5.29. The van der Waals surface area contributed by atoms with Crippen molar-refractivity contribution < 1.29 is 0 Å². The number of fused-ring (bicyclic) bond motifs is 1. The highest BCUT2D eigenvalue weighted by atomic mass is 32.1. The monoisotopic (exact) mass is 278 g/mol. The van der Waals surface area contributed by atoms with Crippen LogP contribution in [0.25, 0.3) is 27.5 Å². The number of imidazole rings is 1. The lowest BCUT2D eigenvalue weighted by atomic mass is 10.2. The molecule has 4 aromatic rings. The first kappa shape index (κ1) is 11.3. The zero-order valence-corrected chi connectivity index (χ0v) is 11.3. The highest BCUT2D eigenvalue weighted by molar-refractivity contribution is 7.13. The van der Waals surface area contributed by atoms with Crippen LogP contribution in [0.1, 0.15) is 0 Å². The van der Waals surface area contributed by atoms with Crippen molar-refractivity contribution in [3.05, 3.63) is 60.4 Å². The van der Waals surface area contributed by atoms with Crippen LogP contribution < -0.4 is 0 Å². The molecule has 4 aromatic heterocycles. The molecule has 0 aliphatic carbocycles. The van der Waals surface area contributed by atoms with Crippen molar-refractivity contribution in [2.75, 3.05) is 0 Å². The molecule has 0 aliphatic rings. The van der Waals surface area contributed by atoms with E-state index in [0.717, 1.165) is 27.5 Å². The Morgan fingerprint density at radius 3 is 2.70 bits per heavy atom. The molecule has 4 heterocycles. The van der Waals surface area contributed by atoms with Crippen LogP contribution in [0.4, 0.5) is 0 Å². The standard InChI is InChI=1S/C15H10N4S/c1-2-14(20-9-1)13-10-17-15-4-3-12(18-19(13)15)11-5-7-16-8-6-11/h1-10H. The molecular formula is C15H10N4S. The molecular weight excluding hydrogens is 268 g/mol. The van der Waals surface area contributed by atoms with Crippen molar-refractivity contribution in [3.63, 3.8) is 0 Å². The van der Waals surface area contributed by atoms with Crippen LogP contribution in [0, 0.1) is 0 Å². The topological polar surface area (TPSA) is 43.1 Å². The van der Waals surface area contributed by atoms with E-state index in [0.29, 0.717) is 0 Å². The van der Waals surface area contributed by atoms with Gasteiger partial charge in [0.05, 0.1) is 16.8 Å². The number of nitrogens with zero attached hydrogens (tertiary/aromatic N) is 4. The summed E-state index contributed by atoms with van der Waals surface area (Å²) in [4.78, 5) is 9.60. The largest absolute Gasteiger partial charge is 0.265 e. The van der Waals surface area contributed by atoms with Gasteiger partial charge in [0, 0.05) is 18.0 Å². The summed E-state index contributed by atoms with van der Waals surface area (Å²) in [5, 5.41) is 6.75. The number of pyridine rings is 1. The fourth-order valence-corrected chi connectivity index (χ4v) is 2.86. The molecule has 0 radical (unpaired) electrons. The predicted octanol–water partition coefficient (Wildman–Crippen LogP) is 3.52. The quantitative estimate of drug-likeness (QED) is 0.563. The molecule has 0 spiro atoms. The normalized spacial score (nSPS) is 11.0. The van der Waals surface area contributed by atoms with Gasteiger partial charge in [-0.15, -0.1) is 11.3 Å². The minimum Gasteiger partial charge on any atom is -0.265 e. The zero-order chi connectivity index (χ0) is 13.4. The minimum absolute atomic E-state index is 0.853. The Kier molecular flexibility index (Phi) is 2.57. The van der Waals surface area contributed by atoms with Crippen molar-refractivity contribution >= 4 is 17.0 Å². The van der Waals surface area contributed by atoms with Crippen LogP contribution in [-0.2, 0) is 0 Å². The van der Waals surface area contributed by atoms with Gasteiger partial charge in [0.15, 0.2) is 5.65 Å². The van der Waals surface area contributed by atoms with Gasteiger partial charge in [-0.1, -0.05) is 6.07 Å². The summed E-state index contributed by atoms with van der Waals surface area (Å²) in [5.41, 5.74) is 3.83. The van der Waals surface area contributed by atoms with Gasteiger partial charge in [0.1, 0.15) is 5.69 Å². The Balaban J connectivity index is 1.92. The number of rotatable bonds is 2. The van der Waals surface area contributed by atoms with Gasteiger partial charge in [-0.2, -0.15) is 5.10 Å². The van der Waals surface area contributed by atoms with Crippen molar-refractivity contribution in [2.45, 2.75) is 0 Å². The van der Waals surface area contributed by atoms with Crippen molar-refractivity contribution in [2.24, 2.45) is 0 Å². The second-order valence-electron chi connectivity index (χ2n) is 4.35. The Labute approximate surface area is 119 Å². The third-order valence-corrected chi connectivity index (χ3v) is 4.00. The van der Waals surface area contributed by atoms with E-state index >= 15 is 0 Å². The summed E-state index contributed by atoms with van der Waals surface area (Å²) in [5.74, 6) is 0. The van der Waals surface area contributed by atoms with E-state index in [1.165, 1.54) is 0 Å². The molecule has 0 amide bonds. The first-order valence-corrected chi connectivity index (χ1v) is 7.09. The number of aromatic nitrogens is 4. The summed E-state index contributed by atoms with van der Waals surface area (Å²) in [6, 6.07) is 12.0.